The van der Waals surface area contributed by atoms with Gasteiger partial charge in [-0.3, -0.25) is 4.79 Å². The minimum absolute atomic E-state index is 0.132. The van der Waals surface area contributed by atoms with Crippen LogP contribution in [0.1, 0.15) is 15.9 Å². The van der Waals surface area contributed by atoms with Crippen LogP contribution in [-0.4, -0.2) is 19.1 Å². The summed E-state index contributed by atoms with van der Waals surface area (Å²) in [4.78, 5) is 12.2. The first-order valence-electron chi connectivity index (χ1n) is 8.82. The Balaban J connectivity index is 1.50. The number of allylic oxidation sites excluding steroid dienone is 1. The molecule has 0 unspecified atom stereocenters. The highest BCUT2D eigenvalue weighted by atomic mass is 16.5. The Morgan fingerprint density at radius 3 is 2.63 bits per heavy atom. The van der Waals surface area contributed by atoms with Crippen molar-refractivity contribution in [3.8, 4) is 17.6 Å². The first-order valence-corrected chi connectivity index (χ1v) is 8.82. The maximum Gasteiger partial charge on any atom is 0.252 e. The molecule has 3 nitrogen and oxygen atoms in total. The van der Waals surface area contributed by atoms with Gasteiger partial charge in [-0.05, 0) is 41.0 Å². The van der Waals surface area contributed by atoms with Gasteiger partial charge in [0.25, 0.3) is 5.91 Å². The predicted octanol–water partition coefficient (Wildman–Crippen LogP) is 4.38. The quantitative estimate of drug-likeness (QED) is 0.526. The number of hydrogen-bond donors (Lipinski definition) is 1. The van der Waals surface area contributed by atoms with Crippen molar-refractivity contribution >= 4 is 16.7 Å². The Kier molecular flexibility index (Phi) is 6.27. The van der Waals surface area contributed by atoms with E-state index >= 15 is 0 Å². The molecular formula is C24H21NO2. The fourth-order valence-corrected chi connectivity index (χ4v) is 2.75. The van der Waals surface area contributed by atoms with Crippen molar-refractivity contribution in [2.75, 3.05) is 13.2 Å². The smallest absolute Gasteiger partial charge is 0.252 e. The van der Waals surface area contributed by atoms with E-state index in [0.717, 1.165) is 28.5 Å². The largest absolute Gasteiger partial charge is 0.481 e. The van der Waals surface area contributed by atoms with E-state index in [1.165, 1.54) is 0 Å². The molecule has 3 heteroatoms. The second kappa shape index (κ2) is 9.26. The standard InChI is InChI=1S/C24H21NO2/c1-2-9-20-11-5-6-13-23(20)27-17-8-7-16-25-24(26)22-15-14-19-10-3-4-12-21(19)18-22/h2-6,10-15,18H,1,9,16-17H2,(H,25,26). The van der Waals surface area contributed by atoms with Crippen molar-refractivity contribution in [2.45, 2.75) is 6.42 Å². The van der Waals surface area contributed by atoms with Crippen LogP contribution in [0.5, 0.6) is 5.75 Å². The monoisotopic (exact) mass is 355 g/mol. The Hall–Kier alpha value is -3.51. The molecule has 0 saturated carbocycles. The van der Waals surface area contributed by atoms with E-state index in [4.69, 9.17) is 4.74 Å². The molecule has 0 heterocycles. The highest BCUT2D eigenvalue weighted by Crippen LogP contribution is 2.18. The fourth-order valence-electron chi connectivity index (χ4n) is 2.75. The molecule has 0 spiro atoms. The zero-order chi connectivity index (χ0) is 18.9. The molecule has 27 heavy (non-hydrogen) atoms. The molecular weight excluding hydrogens is 334 g/mol. The third kappa shape index (κ3) is 4.99. The average molecular weight is 355 g/mol. The Morgan fingerprint density at radius 1 is 1.00 bits per heavy atom. The molecule has 3 rings (SSSR count). The Morgan fingerprint density at radius 2 is 1.78 bits per heavy atom. The van der Waals surface area contributed by atoms with E-state index in [9.17, 15) is 4.79 Å². The third-order valence-electron chi connectivity index (χ3n) is 4.11. The second-order valence-electron chi connectivity index (χ2n) is 5.99. The highest BCUT2D eigenvalue weighted by molar-refractivity contribution is 5.98. The van der Waals surface area contributed by atoms with E-state index in [1.807, 2.05) is 72.8 Å². The van der Waals surface area contributed by atoms with Gasteiger partial charge in [0.05, 0.1) is 6.54 Å². The Bertz CT molecular complexity index is 1010. The van der Waals surface area contributed by atoms with E-state index in [0.29, 0.717) is 5.56 Å². The van der Waals surface area contributed by atoms with Crippen LogP contribution in [0, 0.1) is 11.8 Å². The molecule has 0 bridgehead atoms. The molecule has 0 aliphatic heterocycles. The van der Waals surface area contributed by atoms with Crippen LogP contribution in [0.15, 0.2) is 79.4 Å². The molecule has 0 saturated heterocycles. The second-order valence-corrected chi connectivity index (χ2v) is 5.99. The van der Waals surface area contributed by atoms with Crippen LogP contribution >= 0.6 is 0 Å². The zero-order valence-corrected chi connectivity index (χ0v) is 15.1. The summed E-state index contributed by atoms with van der Waals surface area (Å²) in [5.41, 5.74) is 1.71. The molecule has 0 aromatic heterocycles. The molecule has 1 N–H and O–H groups in total. The number of rotatable bonds is 6. The van der Waals surface area contributed by atoms with Crippen LogP contribution in [-0.2, 0) is 6.42 Å². The van der Waals surface area contributed by atoms with Crippen LogP contribution < -0.4 is 10.1 Å². The van der Waals surface area contributed by atoms with Gasteiger partial charge < -0.3 is 10.1 Å². The normalized spacial score (nSPS) is 9.93. The lowest BCUT2D eigenvalue weighted by atomic mass is 10.1. The van der Waals surface area contributed by atoms with Gasteiger partial charge in [-0.2, -0.15) is 0 Å². The molecule has 134 valence electrons. The van der Waals surface area contributed by atoms with Crippen LogP contribution in [0.3, 0.4) is 0 Å². The summed E-state index contributed by atoms with van der Waals surface area (Å²) in [5.74, 6) is 6.52. The number of amides is 1. The summed E-state index contributed by atoms with van der Waals surface area (Å²) >= 11 is 0. The molecule has 1 amide bonds. The van der Waals surface area contributed by atoms with Gasteiger partial charge in [-0.15, -0.1) is 6.58 Å². The first-order chi connectivity index (χ1) is 13.3. The molecule has 0 aliphatic carbocycles. The third-order valence-corrected chi connectivity index (χ3v) is 4.11. The van der Waals surface area contributed by atoms with Crippen molar-refractivity contribution in [3.05, 3.63) is 90.5 Å². The van der Waals surface area contributed by atoms with Crippen molar-refractivity contribution in [1.29, 1.82) is 0 Å². The zero-order valence-electron chi connectivity index (χ0n) is 15.1. The maximum atomic E-state index is 12.2. The van der Waals surface area contributed by atoms with E-state index in [2.05, 4.69) is 23.7 Å². The van der Waals surface area contributed by atoms with E-state index in [-0.39, 0.29) is 19.1 Å². The summed E-state index contributed by atoms with van der Waals surface area (Å²) in [6.07, 6.45) is 2.60. The summed E-state index contributed by atoms with van der Waals surface area (Å²) in [6.45, 7) is 4.31. The molecule has 3 aromatic carbocycles. The van der Waals surface area contributed by atoms with Crippen molar-refractivity contribution in [1.82, 2.24) is 5.32 Å². The van der Waals surface area contributed by atoms with Crippen molar-refractivity contribution in [2.24, 2.45) is 0 Å². The predicted molar refractivity (Wildman–Crippen MR) is 110 cm³/mol. The van der Waals surface area contributed by atoms with Crippen molar-refractivity contribution < 1.29 is 9.53 Å². The number of hydrogen-bond acceptors (Lipinski definition) is 2. The van der Waals surface area contributed by atoms with Gasteiger partial charge >= 0.3 is 0 Å². The van der Waals surface area contributed by atoms with Gasteiger partial charge in [-0.1, -0.05) is 66.4 Å². The van der Waals surface area contributed by atoms with Crippen LogP contribution in [0.4, 0.5) is 0 Å². The highest BCUT2D eigenvalue weighted by Gasteiger charge is 2.04. The molecule has 0 atom stereocenters. The van der Waals surface area contributed by atoms with Gasteiger partial charge in [0.15, 0.2) is 0 Å². The lowest BCUT2D eigenvalue weighted by molar-refractivity contribution is 0.0959. The first kappa shape index (κ1) is 18.3. The minimum atomic E-state index is -0.132. The summed E-state index contributed by atoms with van der Waals surface area (Å²) < 4.78 is 5.70. The fraction of sp³-hybridized carbons (Fsp3) is 0.125. The number of carbonyl (C=O) groups is 1. The van der Waals surface area contributed by atoms with Crippen LogP contribution in [0.25, 0.3) is 10.8 Å². The maximum absolute atomic E-state index is 12.2. The summed E-state index contributed by atoms with van der Waals surface area (Å²) in [5, 5.41) is 4.97. The Labute approximate surface area is 159 Å². The molecule has 0 aliphatic rings. The molecule has 0 fully saturated rings. The average Bonchev–Trinajstić information content (AvgIpc) is 2.71. The van der Waals surface area contributed by atoms with Gasteiger partial charge in [-0.25, -0.2) is 0 Å². The van der Waals surface area contributed by atoms with E-state index < -0.39 is 0 Å². The van der Waals surface area contributed by atoms with Gasteiger partial charge in [0.2, 0.25) is 0 Å². The lowest BCUT2D eigenvalue weighted by Crippen LogP contribution is -2.23. The summed E-state index contributed by atoms with van der Waals surface area (Å²) in [6, 6.07) is 21.4. The minimum Gasteiger partial charge on any atom is -0.481 e. The van der Waals surface area contributed by atoms with Gasteiger partial charge in [0.1, 0.15) is 12.4 Å². The number of nitrogens with one attached hydrogen (secondary N) is 1. The topological polar surface area (TPSA) is 38.3 Å². The molecule has 3 aromatic rings. The van der Waals surface area contributed by atoms with E-state index in [1.54, 1.807) is 0 Å². The van der Waals surface area contributed by atoms with Crippen LogP contribution in [0.2, 0.25) is 0 Å². The number of carbonyl (C=O) groups excluding carboxylic acids is 1. The SMILES string of the molecule is C=CCc1ccccc1OCC#CCNC(=O)c1ccc2ccccc2c1. The molecule has 0 radical (unpaired) electrons. The number of fused-ring (bicyclic) bond motifs is 1. The van der Waals surface area contributed by atoms with Gasteiger partial charge in [0, 0.05) is 5.56 Å². The summed E-state index contributed by atoms with van der Waals surface area (Å²) in [7, 11) is 0. The number of benzene rings is 3. The number of ether oxygens (including phenoxy) is 1. The number of para-hydroxylation sites is 1. The van der Waals surface area contributed by atoms with Crippen molar-refractivity contribution in [3.63, 3.8) is 0 Å². The lowest BCUT2D eigenvalue weighted by Gasteiger charge is -2.07.